The molecule has 5 aliphatic heterocycles. The molecule has 2 bridgehead atoms. The molecule has 17 heteroatoms. The van der Waals surface area contributed by atoms with Crippen molar-refractivity contribution in [2.75, 3.05) is 60.9 Å². The van der Waals surface area contributed by atoms with E-state index in [1.807, 2.05) is 0 Å². The second-order valence-corrected chi connectivity index (χ2v) is 14.6. The first-order valence-corrected chi connectivity index (χ1v) is 17.9. The summed E-state index contributed by atoms with van der Waals surface area (Å²) in [5, 5.41) is 19.4. The molecule has 0 amide bonds. The maximum Gasteiger partial charge on any atom is 0.341 e. The van der Waals surface area contributed by atoms with Gasteiger partial charge in [0, 0.05) is 46.0 Å². The lowest BCUT2D eigenvalue weighted by Crippen LogP contribution is -2.54. The minimum Gasteiger partial charge on any atom is -0.469 e. The first-order chi connectivity index (χ1) is 23.4. The Hall–Kier alpha value is -2.47. The van der Waals surface area contributed by atoms with Crippen molar-refractivity contribution < 1.29 is 66.6 Å². The average molecular weight is 717 g/mol. The lowest BCUT2D eigenvalue weighted by Gasteiger charge is -2.42. The summed E-state index contributed by atoms with van der Waals surface area (Å²) in [6.45, 7) is 14.9. The van der Waals surface area contributed by atoms with E-state index in [1.165, 1.54) is 34.5 Å². The Morgan fingerprint density at radius 1 is 0.918 bits per heavy atom. The van der Waals surface area contributed by atoms with Gasteiger partial charge in [0.05, 0.1) is 58.0 Å². The molecule has 5 fully saturated rings. The molecule has 5 rings (SSSR count). The van der Waals surface area contributed by atoms with Crippen molar-refractivity contribution in [3.63, 3.8) is 0 Å². The van der Waals surface area contributed by atoms with Crippen LogP contribution in [0.3, 0.4) is 0 Å². The summed E-state index contributed by atoms with van der Waals surface area (Å²) in [7, 11) is 1.73. The Balaban J connectivity index is 0.000000209. The van der Waals surface area contributed by atoms with Gasteiger partial charge in [-0.2, -0.15) is 0 Å². The third-order valence-corrected chi connectivity index (χ3v) is 11.0. The maximum atomic E-state index is 11.2. The van der Waals surface area contributed by atoms with Gasteiger partial charge in [-0.1, -0.05) is 0 Å². The zero-order valence-corrected chi connectivity index (χ0v) is 29.4. The third kappa shape index (κ3) is 11.0. The fraction of sp³-hybridized carbons (Fsp3) is 0.812. The Labute approximate surface area is 287 Å². The topological polar surface area (TPSA) is 183 Å². The largest absolute Gasteiger partial charge is 0.469 e. The fourth-order valence-corrected chi connectivity index (χ4v) is 7.44. The van der Waals surface area contributed by atoms with E-state index in [4.69, 9.17) is 36.8 Å². The standard InChI is InChI=1S/C15H21NO5.C12H17NO4.C5H11O5P/c1-16-8-7-11-3-5-13-15(10-17,21-11)9-12(20-13)4-6-14(18)19-2;1-13-5-4-8-2-3-10-12(17-8)6-9(16-10)11(14)15-7-12;1-8-5(6)4-11(7,9-2)10-3/h4,6,11-13,17H,3,5,7-10H2,2H3;8-11,14H,2-7H2;4H2,1-3H3/b6-4+;;/t11-,12+,13+,15-;8-,9?,10+,11+,12-;/m11./s1. The van der Waals surface area contributed by atoms with Crippen LogP contribution in [0.15, 0.2) is 12.2 Å². The predicted molar refractivity (Wildman–Crippen MR) is 171 cm³/mol. The minimum absolute atomic E-state index is 0.00515. The van der Waals surface area contributed by atoms with E-state index in [0.29, 0.717) is 39.0 Å². The fourth-order valence-electron chi connectivity index (χ4n) is 6.59. The summed E-state index contributed by atoms with van der Waals surface area (Å²) < 4.78 is 58.1. The summed E-state index contributed by atoms with van der Waals surface area (Å²) >= 11 is 0. The van der Waals surface area contributed by atoms with Gasteiger partial charge in [0.25, 0.3) is 0 Å². The maximum absolute atomic E-state index is 11.2. The number of methoxy groups -OCH3 is 2. The number of carbonyl (C=O) groups excluding carboxylic acids is 2. The first-order valence-electron chi connectivity index (χ1n) is 16.2. The van der Waals surface area contributed by atoms with Gasteiger partial charge in [0.1, 0.15) is 23.5 Å². The van der Waals surface area contributed by atoms with E-state index in [9.17, 15) is 24.4 Å². The van der Waals surface area contributed by atoms with Crippen molar-refractivity contribution in [1.29, 1.82) is 0 Å². The highest BCUT2D eigenvalue weighted by Gasteiger charge is 2.58. The lowest BCUT2D eigenvalue weighted by atomic mass is 9.85. The van der Waals surface area contributed by atoms with Crippen LogP contribution < -0.4 is 0 Å². The van der Waals surface area contributed by atoms with Crippen LogP contribution in [-0.4, -0.2) is 137 Å². The lowest BCUT2D eigenvalue weighted by molar-refractivity contribution is -0.222. The van der Waals surface area contributed by atoms with E-state index in [-0.39, 0.29) is 55.0 Å². The second kappa shape index (κ2) is 19.2. The van der Waals surface area contributed by atoms with E-state index >= 15 is 0 Å². The number of aliphatic hydroxyl groups is 2. The van der Waals surface area contributed by atoms with Crippen molar-refractivity contribution in [3.05, 3.63) is 35.0 Å². The van der Waals surface area contributed by atoms with Crippen LogP contribution in [0.1, 0.15) is 51.4 Å². The van der Waals surface area contributed by atoms with Gasteiger partial charge >= 0.3 is 19.5 Å². The third-order valence-electron chi connectivity index (χ3n) is 9.21. The van der Waals surface area contributed by atoms with Gasteiger partial charge in [-0.3, -0.25) is 9.36 Å². The second-order valence-electron chi connectivity index (χ2n) is 12.3. The van der Waals surface area contributed by atoms with Crippen LogP contribution in [0.25, 0.3) is 9.69 Å². The van der Waals surface area contributed by atoms with Crippen molar-refractivity contribution in [2.24, 2.45) is 0 Å². The van der Waals surface area contributed by atoms with E-state index < -0.39 is 31.4 Å². The molecule has 0 radical (unpaired) electrons. The molecule has 0 aliphatic carbocycles. The highest BCUT2D eigenvalue weighted by Crippen LogP contribution is 2.47. The zero-order valence-electron chi connectivity index (χ0n) is 28.5. The van der Waals surface area contributed by atoms with Crippen LogP contribution in [0.5, 0.6) is 0 Å². The number of rotatable bonds is 11. The van der Waals surface area contributed by atoms with Gasteiger partial charge in [-0.15, -0.1) is 0 Å². The molecule has 1 spiro atoms. The molecule has 2 N–H and O–H groups in total. The number of carbonyl (C=O) groups is 2. The molecule has 5 heterocycles. The van der Waals surface area contributed by atoms with Crippen molar-refractivity contribution >= 4 is 19.5 Å². The molecule has 9 atom stereocenters. The van der Waals surface area contributed by atoms with E-state index in [0.717, 1.165) is 32.1 Å². The summed E-state index contributed by atoms with van der Waals surface area (Å²) in [6, 6.07) is 0. The number of hydrogen-bond acceptors (Lipinski definition) is 14. The molecular formula is C32H49N2O14P. The summed E-state index contributed by atoms with van der Waals surface area (Å²) in [5.74, 6) is -1.04. The predicted octanol–water partition coefficient (Wildman–Crippen LogP) is 2.46. The molecule has 0 aromatic carbocycles. The smallest absolute Gasteiger partial charge is 0.341 e. The van der Waals surface area contributed by atoms with Gasteiger partial charge < -0.3 is 62.1 Å². The Morgan fingerprint density at radius 2 is 1.55 bits per heavy atom. The molecular weight excluding hydrogens is 667 g/mol. The average Bonchev–Trinajstić information content (AvgIpc) is 3.66. The Morgan fingerprint density at radius 3 is 2.12 bits per heavy atom. The van der Waals surface area contributed by atoms with Crippen LogP contribution >= 0.6 is 7.60 Å². The quantitative estimate of drug-likeness (QED) is 0.138. The molecule has 0 saturated carbocycles. The zero-order chi connectivity index (χ0) is 36.1. The number of ether oxygens (including phenoxy) is 7. The summed E-state index contributed by atoms with van der Waals surface area (Å²) in [5.41, 5.74) is -1.08. The Bertz CT molecular complexity index is 1250. The Kier molecular flexibility index (Phi) is 16.1. The number of aliphatic hydroxyl groups excluding tert-OH is 2. The highest BCUT2D eigenvalue weighted by atomic mass is 31.2. The van der Waals surface area contributed by atoms with Crippen LogP contribution in [0.4, 0.5) is 0 Å². The van der Waals surface area contributed by atoms with Crippen molar-refractivity contribution in [2.45, 2.75) is 105 Å². The van der Waals surface area contributed by atoms with E-state index in [1.54, 1.807) is 6.08 Å². The SMILES string of the molecule is COC(=O)CP(=O)(OC)OC.[C-]#[N+]CC[C@H]1CC[C@@H]2OC3C[C@]2(CO[C@@H]3O)O1.[C-]#[N+]CC[C@H]1CC[C@@H]2O[C@@H](/C=C/C(=O)OC)C[C@]2(CO)O1. The summed E-state index contributed by atoms with van der Waals surface area (Å²) in [4.78, 5) is 28.4. The molecule has 5 aliphatic rings. The van der Waals surface area contributed by atoms with Gasteiger partial charge in [-0.05, 0) is 31.8 Å². The first kappa shape index (κ1) is 41.0. The minimum atomic E-state index is -3.23. The molecule has 1 unspecified atom stereocenters. The van der Waals surface area contributed by atoms with Crippen LogP contribution in [0, 0.1) is 13.1 Å². The van der Waals surface area contributed by atoms with E-state index in [2.05, 4.69) is 28.2 Å². The van der Waals surface area contributed by atoms with Crippen LogP contribution in [0.2, 0.25) is 0 Å². The molecule has 5 saturated heterocycles. The van der Waals surface area contributed by atoms with Gasteiger partial charge in [0.15, 0.2) is 6.29 Å². The van der Waals surface area contributed by atoms with Crippen LogP contribution in [-0.2, 0) is 56.4 Å². The molecule has 0 aromatic heterocycles. The number of fused-ring (bicyclic) bond motifs is 2. The number of hydrogen-bond donors (Lipinski definition) is 2. The molecule has 16 nitrogen and oxygen atoms in total. The number of nitrogens with zero attached hydrogens (tertiary/aromatic N) is 2. The highest BCUT2D eigenvalue weighted by molar-refractivity contribution is 7.54. The molecule has 276 valence electrons. The monoisotopic (exact) mass is 716 g/mol. The molecule has 49 heavy (non-hydrogen) atoms. The summed E-state index contributed by atoms with van der Waals surface area (Å²) in [6.07, 6.45) is 7.53. The number of esters is 2. The van der Waals surface area contributed by atoms with Crippen molar-refractivity contribution in [1.82, 2.24) is 0 Å². The van der Waals surface area contributed by atoms with Crippen molar-refractivity contribution in [3.8, 4) is 0 Å². The van der Waals surface area contributed by atoms with Gasteiger partial charge in [0.2, 0.25) is 13.1 Å². The normalized spacial score (nSPS) is 34.5. The van der Waals surface area contributed by atoms with Gasteiger partial charge in [-0.25, -0.2) is 17.9 Å². The molecule has 0 aromatic rings.